The fourth-order valence-corrected chi connectivity index (χ4v) is 5.32. The van der Waals surface area contributed by atoms with Crippen LogP contribution >= 0.6 is 0 Å². The zero-order valence-electron chi connectivity index (χ0n) is 18.7. The second kappa shape index (κ2) is 6.49. The maximum Gasteiger partial charge on any atom is 0.194 e. The van der Waals surface area contributed by atoms with Crippen LogP contribution in [0.2, 0.25) is 0 Å². The molecule has 2 aliphatic carbocycles. The van der Waals surface area contributed by atoms with Crippen molar-refractivity contribution in [3.05, 3.63) is 94.0 Å². The van der Waals surface area contributed by atoms with Crippen molar-refractivity contribution in [3.8, 4) is 22.3 Å². The molecule has 0 spiro atoms. The lowest BCUT2D eigenvalue weighted by molar-refractivity contribution is 0.103. The maximum atomic E-state index is 13.5. The Labute approximate surface area is 187 Å². The highest BCUT2D eigenvalue weighted by molar-refractivity contribution is 6.32. The van der Waals surface area contributed by atoms with Crippen molar-refractivity contribution in [2.75, 3.05) is 0 Å². The van der Waals surface area contributed by atoms with Gasteiger partial charge in [0.1, 0.15) is 0 Å². The Balaban J connectivity index is 1.70. The van der Waals surface area contributed by atoms with E-state index in [2.05, 4.69) is 58.0 Å². The van der Waals surface area contributed by atoms with Gasteiger partial charge in [-0.2, -0.15) is 0 Å². The molecule has 0 aliphatic heterocycles. The number of carbonyl (C=O) groups excluding carboxylic acids is 2. The molecule has 0 atom stereocenters. The van der Waals surface area contributed by atoms with Gasteiger partial charge in [0.05, 0.1) is 0 Å². The van der Waals surface area contributed by atoms with Gasteiger partial charge in [-0.1, -0.05) is 70.2 Å². The number of carbonyl (C=O) groups is 2. The van der Waals surface area contributed by atoms with Crippen LogP contribution < -0.4 is 0 Å². The number of rotatable bonds is 2. The van der Waals surface area contributed by atoms with Crippen LogP contribution in [-0.4, -0.2) is 11.6 Å². The van der Waals surface area contributed by atoms with Crippen molar-refractivity contribution < 1.29 is 9.59 Å². The van der Waals surface area contributed by atoms with Gasteiger partial charge in [0.2, 0.25) is 0 Å². The fraction of sp³-hybridized carbons (Fsp3) is 0.200. The highest BCUT2D eigenvalue weighted by Crippen LogP contribution is 2.49. The summed E-state index contributed by atoms with van der Waals surface area (Å²) in [5.74, 6) is 0.854. The smallest absolute Gasteiger partial charge is 0.194 e. The van der Waals surface area contributed by atoms with Crippen molar-refractivity contribution in [3.63, 3.8) is 0 Å². The number of hydrogen-bond acceptors (Lipinski definition) is 2. The molecule has 0 heterocycles. The van der Waals surface area contributed by atoms with Gasteiger partial charge in [-0.25, -0.2) is 0 Å². The molecule has 32 heavy (non-hydrogen) atoms. The molecule has 0 saturated carbocycles. The fourth-order valence-electron chi connectivity index (χ4n) is 5.32. The zero-order chi connectivity index (χ0) is 22.3. The van der Waals surface area contributed by atoms with Crippen LogP contribution in [0.3, 0.4) is 0 Å². The Morgan fingerprint density at radius 3 is 1.78 bits per heavy atom. The van der Waals surface area contributed by atoms with Crippen LogP contribution in [0.15, 0.2) is 60.7 Å². The van der Waals surface area contributed by atoms with E-state index in [9.17, 15) is 9.59 Å². The summed E-state index contributed by atoms with van der Waals surface area (Å²) in [5, 5.41) is 1.96. The van der Waals surface area contributed by atoms with E-state index in [1.807, 2.05) is 30.3 Å². The lowest BCUT2D eigenvalue weighted by Gasteiger charge is -2.23. The van der Waals surface area contributed by atoms with Gasteiger partial charge in [0, 0.05) is 33.2 Å². The lowest BCUT2D eigenvalue weighted by atomic mass is 9.79. The third-order valence-electron chi connectivity index (χ3n) is 7.12. The predicted molar refractivity (Wildman–Crippen MR) is 130 cm³/mol. The molecule has 4 aromatic rings. The average Bonchev–Trinajstić information content (AvgIpc) is 3.08. The minimum Gasteiger partial charge on any atom is -0.289 e. The van der Waals surface area contributed by atoms with Crippen LogP contribution in [0.25, 0.3) is 33.0 Å². The van der Waals surface area contributed by atoms with Crippen LogP contribution in [0.1, 0.15) is 82.5 Å². The lowest BCUT2D eigenvalue weighted by Crippen LogP contribution is -2.11. The molecule has 0 aromatic heterocycles. The normalized spacial score (nSPS) is 13.7. The molecular weight excluding hydrogens is 392 g/mol. The molecule has 6 rings (SSSR count). The summed E-state index contributed by atoms with van der Waals surface area (Å²) in [7, 11) is 0. The van der Waals surface area contributed by atoms with Crippen LogP contribution in [0.5, 0.6) is 0 Å². The quantitative estimate of drug-likeness (QED) is 0.293. The average molecular weight is 417 g/mol. The molecule has 156 valence electrons. The van der Waals surface area contributed by atoms with Gasteiger partial charge < -0.3 is 0 Å². The summed E-state index contributed by atoms with van der Waals surface area (Å²) in [4.78, 5) is 27.1. The van der Waals surface area contributed by atoms with E-state index in [-0.39, 0.29) is 11.6 Å². The van der Waals surface area contributed by atoms with Crippen molar-refractivity contribution in [1.29, 1.82) is 0 Å². The molecule has 0 saturated heterocycles. The number of fused-ring (bicyclic) bond motifs is 6. The van der Waals surface area contributed by atoms with Gasteiger partial charge in [-0.3, -0.25) is 9.59 Å². The Morgan fingerprint density at radius 1 is 0.531 bits per heavy atom. The van der Waals surface area contributed by atoms with E-state index in [4.69, 9.17) is 0 Å². The minimum absolute atomic E-state index is 0.0697. The molecule has 0 fully saturated rings. The largest absolute Gasteiger partial charge is 0.289 e. The van der Waals surface area contributed by atoms with E-state index in [1.54, 1.807) is 0 Å². The summed E-state index contributed by atoms with van der Waals surface area (Å²) >= 11 is 0. The van der Waals surface area contributed by atoms with Gasteiger partial charge >= 0.3 is 0 Å². The van der Waals surface area contributed by atoms with E-state index < -0.39 is 0 Å². The third-order valence-corrected chi connectivity index (χ3v) is 7.12. The molecule has 4 aromatic carbocycles. The first-order valence-electron chi connectivity index (χ1n) is 11.3. The Morgan fingerprint density at radius 2 is 1.12 bits per heavy atom. The molecule has 0 bridgehead atoms. The number of ketones is 2. The summed E-state index contributed by atoms with van der Waals surface area (Å²) < 4.78 is 0. The highest BCUT2D eigenvalue weighted by Gasteiger charge is 2.34. The van der Waals surface area contributed by atoms with E-state index in [0.717, 1.165) is 60.8 Å². The summed E-state index contributed by atoms with van der Waals surface area (Å²) in [6, 6.07) is 20.4. The molecule has 2 heteroatoms. The van der Waals surface area contributed by atoms with Gasteiger partial charge in [0.15, 0.2) is 11.6 Å². The predicted octanol–water partition coefficient (Wildman–Crippen LogP) is 7.51. The van der Waals surface area contributed by atoms with E-state index in [1.165, 1.54) is 5.56 Å². The summed E-state index contributed by atoms with van der Waals surface area (Å²) in [6.45, 7) is 8.56. The van der Waals surface area contributed by atoms with Crippen molar-refractivity contribution >= 4 is 22.3 Å². The van der Waals surface area contributed by atoms with Crippen LogP contribution in [-0.2, 0) is 0 Å². The van der Waals surface area contributed by atoms with E-state index >= 15 is 0 Å². The SMILES string of the molecule is CC(C)c1ccc2c(c1)C(=O)c1cc3c4c(cccc4c1-2)C(=O)c1cc(C(C)C)ccc1-3. The third kappa shape index (κ3) is 2.41. The standard InChI is InChI=1S/C30H24O2/c1-15(2)17-8-10-19-23-14-26-27(20-11-9-18(16(3)4)13-25(20)30(26)32)21-6-5-7-22(28(21)23)29(31)24(19)12-17/h5-16H,1-4H3. The van der Waals surface area contributed by atoms with Gasteiger partial charge in [-0.05, 0) is 63.2 Å². The van der Waals surface area contributed by atoms with Crippen molar-refractivity contribution in [1.82, 2.24) is 0 Å². The van der Waals surface area contributed by atoms with Crippen molar-refractivity contribution in [2.45, 2.75) is 39.5 Å². The van der Waals surface area contributed by atoms with E-state index in [0.29, 0.717) is 11.8 Å². The highest BCUT2D eigenvalue weighted by atomic mass is 16.1. The Bertz CT molecular complexity index is 1500. The van der Waals surface area contributed by atoms with Gasteiger partial charge in [-0.15, -0.1) is 0 Å². The molecule has 2 aliphatic rings. The minimum atomic E-state index is 0.0697. The molecule has 0 radical (unpaired) electrons. The monoisotopic (exact) mass is 416 g/mol. The van der Waals surface area contributed by atoms with Crippen molar-refractivity contribution in [2.24, 2.45) is 0 Å². The molecule has 0 amide bonds. The molecule has 0 unspecified atom stereocenters. The van der Waals surface area contributed by atoms with Crippen LogP contribution in [0.4, 0.5) is 0 Å². The molecule has 2 nitrogen and oxygen atoms in total. The summed E-state index contributed by atoms with van der Waals surface area (Å²) in [6.07, 6.45) is 0. The first-order valence-corrected chi connectivity index (χ1v) is 11.3. The molecular formula is C30H24O2. The Kier molecular flexibility index (Phi) is 3.89. The van der Waals surface area contributed by atoms with Crippen LogP contribution in [0, 0.1) is 0 Å². The maximum absolute atomic E-state index is 13.5. The Hall–Kier alpha value is -3.52. The second-order valence-corrected chi connectivity index (χ2v) is 9.65. The first kappa shape index (κ1) is 19.2. The zero-order valence-corrected chi connectivity index (χ0v) is 18.7. The molecule has 0 N–H and O–H groups in total. The second-order valence-electron chi connectivity index (χ2n) is 9.65. The number of benzene rings is 4. The summed E-state index contributed by atoms with van der Waals surface area (Å²) in [5.41, 5.74) is 9.17. The first-order chi connectivity index (χ1) is 15.4. The number of hydrogen-bond donors (Lipinski definition) is 0. The van der Waals surface area contributed by atoms with Gasteiger partial charge in [0.25, 0.3) is 0 Å². The topological polar surface area (TPSA) is 34.1 Å².